The fraction of sp³-hybridized carbons (Fsp3) is 0.708. The molecule has 2 bridgehead atoms. The molecule has 164 valence electrons. The Kier molecular flexibility index (Phi) is 5.42. The van der Waals surface area contributed by atoms with Gasteiger partial charge < -0.3 is 5.32 Å². The Hall–Kier alpha value is -1.40. The molecule has 30 heavy (non-hydrogen) atoms. The molecule has 1 aromatic rings. The van der Waals surface area contributed by atoms with E-state index in [2.05, 4.69) is 12.2 Å². The largest absolute Gasteiger partial charge is 0.353 e. The molecule has 5 rings (SSSR count). The van der Waals surface area contributed by atoms with Crippen LogP contribution in [0.25, 0.3) is 0 Å². The number of aryl methyl sites for hydroxylation is 2. The van der Waals surface area contributed by atoms with Crippen LogP contribution >= 0.6 is 0 Å². The Morgan fingerprint density at radius 1 is 1.07 bits per heavy atom. The molecule has 3 fully saturated rings. The number of nitrogens with one attached hydrogen (secondary N) is 1. The molecule has 1 heterocycles. The zero-order valence-electron chi connectivity index (χ0n) is 18.0. The summed E-state index contributed by atoms with van der Waals surface area (Å²) in [4.78, 5) is 13.3. The van der Waals surface area contributed by atoms with Gasteiger partial charge in [0.2, 0.25) is 15.9 Å². The molecular weight excluding hydrogens is 396 g/mol. The minimum Gasteiger partial charge on any atom is -0.353 e. The van der Waals surface area contributed by atoms with Crippen LogP contribution in [0.4, 0.5) is 0 Å². The molecule has 1 N–H and O–H groups in total. The van der Waals surface area contributed by atoms with Gasteiger partial charge in [-0.3, -0.25) is 4.79 Å². The fourth-order valence-electron chi connectivity index (χ4n) is 6.57. The van der Waals surface area contributed by atoms with E-state index < -0.39 is 10.0 Å². The normalized spacial score (nSPS) is 30.4. The van der Waals surface area contributed by atoms with E-state index in [9.17, 15) is 13.2 Å². The van der Waals surface area contributed by atoms with Gasteiger partial charge in [-0.1, -0.05) is 12.5 Å². The number of hydrogen-bond donors (Lipinski definition) is 1. The second kappa shape index (κ2) is 7.94. The number of carbonyl (C=O) groups excluding carboxylic acids is 1. The lowest BCUT2D eigenvalue weighted by Gasteiger charge is -2.33. The second-order valence-electron chi connectivity index (χ2n) is 10.1. The average molecular weight is 431 g/mol. The first-order chi connectivity index (χ1) is 14.4. The zero-order valence-corrected chi connectivity index (χ0v) is 18.8. The number of sulfonamides is 1. The molecule has 4 atom stereocenters. The third kappa shape index (κ3) is 3.70. The first-order valence-electron chi connectivity index (χ1n) is 11.8. The van der Waals surface area contributed by atoms with E-state index in [0.29, 0.717) is 36.7 Å². The summed E-state index contributed by atoms with van der Waals surface area (Å²) in [5.74, 6) is 2.36. The quantitative estimate of drug-likeness (QED) is 0.777. The van der Waals surface area contributed by atoms with Crippen LogP contribution in [0.5, 0.6) is 0 Å². The molecule has 1 saturated heterocycles. The monoisotopic (exact) mass is 430 g/mol. The van der Waals surface area contributed by atoms with Crippen LogP contribution in [0.3, 0.4) is 0 Å². The number of fused-ring (bicyclic) bond motifs is 3. The predicted octanol–water partition coefficient (Wildman–Crippen LogP) is 3.52. The molecule has 0 radical (unpaired) electrons. The predicted molar refractivity (Wildman–Crippen MR) is 116 cm³/mol. The number of carbonyl (C=O) groups is 1. The van der Waals surface area contributed by atoms with E-state index in [-0.39, 0.29) is 17.9 Å². The van der Waals surface area contributed by atoms with Gasteiger partial charge in [0.15, 0.2) is 0 Å². The summed E-state index contributed by atoms with van der Waals surface area (Å²) in [6.07, 6.45) is 9.68. The van der Waals surface area contributed by atoms with Crippen LogP contribution in [0.1, 0.15) is 63.0 Å². The minimum atomic E-state index is -3.47. The zero-order chi connectivity index (χ0) is 20.9. The lowest BCUT2D eigenvalue weighted by molar-refractivity contribution is -0.127. The highest BCUT2D eigenvalue weighted by molar-refractivity contribution is 7.89. The van der Waals surface area contributed by atoms with Crippen molar-refractivity contribution in [3.63, 3.8) is 0 Å². The van der Waals surface area contributed by atoms with Crippen LogP contribution < -0.4 is 5.32 Å². The minimum absolute atomic E-state index is 0.0717. The Bertz CT molecular complexity index is 920. The molecule has 4 aliphatic rings. The van der Waals surface area contributed by atoms with Crippen molar-refractivity contribution in [3.05, 3.63) is 29.3 Å². The van der Waals surface area contributed by atoms with E-state index >= 15 is 0 Å². The number of hydrogen-bond acceptors (Lipinski definition) is 3. The highest BCUT2D eigenvalue weighted by Gasteiger charge is 2.42. The standard InChI is InChI=1S/C24H34N2O3S/c1-16(23-14-17-5-6-21(23)13-17)25-24(27)19-9-11-26(12-10-19)30(28,29)22-8-7-18-3-2-4-20(18)15-22/h7-8,15-17,19,21,23H,2-6,9-14H2,1H3,(H,25,27)/t16-,17-,21-,23-/m0/s1. The lowest BCUT2D eigenvalue weighted by Crippen LogP contribution is -2.47. The van der Waals surface area contributed by atoms with Crippen molar-refractivity contribution in [2.45, 2.75) is 75.6 Å². The Morgan fingerprint density at radius 3 is 2.53 bits per heavy atom. The van der Waals surface area contributed by atoms with Gasteiger partial charge in [-0.25, -0.2) is 8.42 Å². The highest BCUT2D eigenvalue weighted by Crippen LogP contribution is 2.49. The number of rotatable bonds is 5. The van der Waals surface area contributed by atoms with Crippen LogP contribution in [-0.2, 0) is 27.7 Å². The van der Waals surface area contributed by atoms with Crippen LogP contribution in [0.2, 0.25) is 0 Å². The summed E-state index contributed by atoms with van der Waals surface area (Å²) in [5, 5.41) is 3.28. The summed E-state index contributed by atoms with van der Waals surface area (Å²) in [6.45, 7) is 3.02. The molecule has 6 heteroatoms. The molecule has 2 saturated carbocycles. The maximum Gasteiger partial charge on any atom is 0.243 e. The SMILES string of the molecule is C[C@H](NC(=O)C1CCN(S(=O)(=O)c2ccc3c(c2)CCC3)CC1)[C@@H]1C[C@H]2CC[C@H]1C2. The van der Waals surface area contributed by atoms with Crippen LogP contribution in [0.15, 0.2) is 23.1 Å². The molecule has 3 aliphatic carbocycles. The van der Waals surface area contributed by atoms with Gasteiger partial charge in [0.05, 0.1) is 4.90 Å². The first-order valence-corrected chi connectivity index (χ1v) is 13.3. The van der Waals surface area contributed by atoms with Gasteiger partial charge in [-0.2, -0.15) is 4.31 Å². The number of nitrogens with zero attached hydrogens (tertiary/aromatic N) is 1. The van der Waals surface area contributed by atoms with E-state index in [1.807, 2.05) is 12.1 Å². The molecule has 5 nitrogen and oxygen atoms in total. The maximum absolute atomic E-state index is 13.1. The van der Waals surface area contributed by atoms with Gasteiger partial charge in [-0.05, 0) is 99.3 Å². The maximum atomic E-state index is 13.1. The summed E-state index contributed by atoms with van der Waals surface area (Å²) in [7, 11) is -3.47. The third-order valence-electron chi connectivity index (χ3n) is 8.34. The lowest BCUT2D eigenvalue weighted by atomic mass is 9.83. The van der Waals surface area contributed by atoms with Crippen LogP contribution in [0, 0.1) is 23.7 Å². The molecule has 1 aromatic carbocycles. The van der Waals surface area contributed by atoms with E-state index in [4.69, 9.17) is 0 Å². The number of benzene rings is 1. The topological polar surface area (TPSA) is 66.5 Å². The van der Waals surface area contributed by atoms with Crippen molar-refractivity contribution in [2.75, 3.05) is 13.1 Å². The average Bonchev–Trinajstić information content (AvgIpc) is 3.50. The first kappa shape index (κ1) is 20.5. The Balaban J connectivity index is 1.17. The van der Waals surface area contributed by atoms with Gasteiger partial charge >= 0.3 is 0 Å². The second-order valence-corrected chi connectivity index (χ2v) is 12.0. The van der Waals surface area contributed by atoms with E-state index in [1.165, 1.54) is 36.8 Å². The fourth-order valence-corrected chi connectivity index (χ4v) is 8.09. The number of amides is 1. The van der Waals surface area contributed by atoms with Crippen molar-refractivity contribution < 1.29 is 13.2 Å². The molecule has 0 unspecified atom stereocenters. The Morgan fingerprint density at radius 2 is 1.83 bits per heavy atom. The van der Waals surface area contributed by atoms with Crippen molar-refractivity contribution in [1.82, 2.24) is 9.62 Å². The van der Waals surface area contributed by atoms with Crippen molar-refractivity contribution in [1.29, 1.82) is 0 Å². The van der Waals surface area contributed by atoms with Gasteiger partial charge in [0.25, 0.3) is 0 Å². The molecular formula is C24H34N2O3S. The number of piperidine rings is 1. The highest BCUT2D eigenvalue weighted by atomic mass is 32.2. The molecule has 0 spiro atoms. The van der Waals surface area contributed by atoms with Crippen LogP contribution in [-0.4, -0.2) is 37.8 Å². The smallest absolute Gasteiger partial charge is 0.243 e. The molecule has 0 aromatic heterocycles. The molecule has 1 amide bonds. The summed E-state index contributed by atoms with van der Waals surface area (Å²) in [5.41, 5.74) is 2.47. The summed E-state index contributed by atoms with van der Waals surface area (Å²) >= 11 is 0. The third-order valence-corrected chi connectivity index (χ3v) is 10.2. The van der Waals surface area contributed by atoms with E-state index in [0.717, 1.165) is 31.1 Å². The Labute approximate surface area is 180 Å². The van der Waals surface area contributed by atoms with Crippen molar-refractivity contribution in [2.24, 2.45) is 23.7 Å². The van der Waals surface area contributed by atoms with Gasteiger partial charge in [0.1, 0.15) is 0 Å². The van der Waals surface area contributed by atoms with E-state index in [1.54, 1.807) is 10.4 Å². The van der Waals surface area contributed by atoms with Gasteiger partial charge in [0, 0.05) is 25.0 Å². The van der Waals surface area contributed by atoms with Crippen molar-refractivity contribution >= 4 is 15.9 Å². The molecule has 1 aliphatic heterocycles. The summed E-state index contributed by atoms with van der Waals surface area (Å²) < 4.78 is 27.8. The van der Waals surface area contributed by atoms with Gasteiger partial charge in [-0.15, -0.1) is 0 Å². The summed E-state index contributed by atoms with van der Waals surface area (Å²) in [6, 6.07) is 5.84. The van der Waals surface area contributed by atoms with Crippen molar-refractivity contribution in [3.8, 4) is 0 Å².